The Hall–Kier alpha value is -1.47. The Balaban J connectivity index is 2.14. The molecule has 0 atom stereocenters. The van der Waals surface area contributed by atoms with E-state index in [1.54, 1.807) is 0 Å². The Morgan fingerprint density at radius 1 is 0.941 bits per heavy atom. The molecule has 0 unspecified atom stereocenters. The molecule has 0 fully saturated rings. The van der Waals surface area contributed by atoms with Gasteiger partial charge in [-0.15, -0.1) is 0 Å². The minimum atomic E-state index is 0.799. The molecule has 2 heteroatoms. The van der Waals surface area contributed by atoms with E-state index in [9.17, 15) is 0 Å². The van der Waals surface area contributed by atoms with Crippen LogP contribution in [0.4, 0.5) is 5.69 Å². The lowest BCUT2D eigenvalue weighted by molar-refractivity contribution is 1.12. The molecule has 0 aliphatic heterocycles. The number of benzene rings is 2. The number of halogens is 1. The third kappa shape index (κ3) is 3.24. The minimum absolute atomic E-state index is 0.799. The normalized spacial score (nSPS) is 10.3. The van der Waals surface area contributed by atoms with E-state index < -0.39 is 0 Å². The van der Waals surface area contributed by atoms with Gasteiger partial charge >= 0.3 is 0 Å². The fraction of sp³-hybridized carbons (Fsp3) is 0.200. The van der Waals surface area contributed by atoms with Crippen LogP contribution < -0.4 is 4.90 Å². The van der Waals surface area contributed by atoms with Crippen LogP contribution in [0.25, 0.3) is 0 Å². The third-order valence-electron chi connectivity index (χ3n) is 2.75. The van der Waals surface area contributed by atoms with E-state index in [2.05, 4.69) is 35.2 Å². The largest absolute Gasteiger partial charge is 0.378 e. The van der Waals surface area contributed by atoms with Gasteiger partial charge in [-0.2, -0.15) is 0 Å². The van der Waals surface area contributed by atoms with Crippen molar-refractivity contribution in [2.75, 3.05) is 19.0 Å². The molecule has 0 heterocycles. The number of hydrogen-bond acceptors (Lipinski definition) is 1. The minimum Gasteiger partial charge on any atom is -0.378 e. The van der Waals surface area contributed by atoms with Gasteiger partial charge in [-0.05, 0) is 41.8 Å². The quantitative estimate of drug-likeness (QED) is 0.790. The fourth-order valence-electron chi connectivity index (χ4n) is 1.79. The molecule has 0 N–H and O–H groups in total. The molecule has 88 valence electrons. The lowest BCUT2D eigenvalue weighted by atomic mass is 10.0. The molecular formula is C15H16ClN. The van der Waals surface area contributed by atoms with Gasteiger partial charge in [-0.3, -0.25) is 0 Å². The molecule has 0 saturated carbocycles. The molecule has 0 spiro atoms. The summed E-state index contributed by atoms with van der Waals surface area (Å²) >= 11 is 5.97. The highest BCUT2D eigenvalue weighted by molar-refractivity contribution is 6.30. The zero-order valence-corrected chi connectivity index (χ0v) is 10.9. The van der Waals surface area contributed by atoms with Crippen molar-refractivity contribution in [3.05, 3.63) is 64.7 Å². The molecule has 1 nitrogen and oxygen atoms in total. The number of nitrogens with zero attached hydrogens (tertiary/aromatic N) is 1. The summed E-state index contributed by atoms with van der Waals surface area (Å²) in [5.41, 5.74) is 3.77. The maximum atomic E-state index is 5.97. The van der Waals surface area contributed by atoms with Gasteiger partial charge < -0.3 is 4.90 Å². The maximum absolute atomic E-state index is 5.97. The Morgan fingerprint density at radius 3 is 2.24 bits per heavy atom. The van der Waals surface area contributed by atoms with E-state index >= 15 is 0 Å². The first-order chi connectivity index (χ1) is 8.15. The number of anilines is 1. The molecule has 0 aliphatic rings. The van der Waals surface area contributed by atoms with Crippen LogP contribution in [0.5, 0.6) is 0 Å². The van der Waals surface area contributed by atoms with Crippen molar-refractivity contribution >= 4 is 17.3 Å². The summed E-state index contributed by atoms with van der Waals surface area (Å²) in [4.78, 5) is 2.10. The monoisotopic (exact) mass is 245 g/mol. The Morgan fingerprint density at radius 2 is 1.65 bits per heavy atom. The fourth-order valence-corrected chi connectivity index (χ4v) is 2.01. The first-order valence-corrected chi connectivity index (χ1v) is 6.03. The highest BCUT2D eigenvalue weighted by atomic mass is 35.5. The maximum Gasteiger partial charge on any atom is 0.0408 e. The SMILES string of the molecule is CN(C)c1ccc(Cc2cccc(Cl)c2)cc1. The van der Waals surface area contributed by atoms with Gasteiger partial charge in [-0.1, -0.05) is 35.9 Å². The van der Waals surface area contributed by atoms with E-state index in [-0.39, 0.29) is 0 Å². The van der Waals surface area contributed by atoms with Crippen LogP contribution in [0.3, 0.4) is 0 Å². The summed E-state index contributed by atoms with van der Waals surface area (Å²) < 4.78 is 0. The zero-order valence-electron chi connectivity index (χ0n) is 10.2. The van der Waals surface area contributed by atoms with Gasteiger partial charge in [0, 0.05) is 24.8 Å². The first-order valence-electron chi connectivity index (χ1n) is 5.66. The van der Waals surface area contributed by atoms with E-state index in [0.717, 1.165) is 11.4 Å². The molecule has 0 saturated heterocycles. The lowest BCUT2D eigenvalue weighted by Gasteiger charge is -2.12. The van der Waals surface area contributed by atoms with Crippen molar-refractivity contribution in [1.82, 2.24) is 0 Å². The van der Waals surface area contributed by atoms with Crippen molar-refractivity contribution in [1.29, 1.82) is 0 Å². The summed E-state index contributed by atoms with van der Waals surface area (Å²) in [5.74, 6) is 0. The number of rotatable bonds is 3. The topological polar surface area (TPSA) is 3.24 Å². The second-order valence-corrected chi connectivity index (χ2v) is 4.80. The molecule has 2 aromatic rings. The molecule has 0 aromatic heterocycles. The van der Waals surface area contributed by atoms with Crippen LogP contribution in [0.1, 0.15) is 11.1 Å². The molecule has 0 radical (unpaired) electrons. The Bertz CT molecular complexity index is 489. The molecule has 0 amide bonds. The van der Waals surface area contributed by atoms with Crippen molar-refractivity contribution in [2.45, 2.75) is 6.42 Å². The summed E-state index contributed by atoms with van der Waals surface area (Å²) in [6.07, 6.45) is 0.925. The van der Waals surface area contributed by atoms with Crippen LogP contribution in [0.2, 0.25) is 5.02 Å². The van der Waals surface area contributed by atoms with E-state index in [0.29, 0.717) is 0 Å². The van der Waals surface area contributed by atoms with Gasteiger partial charge in [0.2, 0.25) is 0 Å². The van der Waals surface area contributed by atoms with E-state index in [1.807, 2.05) is 32.3 Å². The molecule has 2 rings (SSSR count). The number of hydrogen-bond donors (Lipinski definition) is 0. The smallest absolute Gasteiger partial charge is 0.0408 e. The molecule has 0 aliphatic carbocycles. The van der Waals surface area contributed by atoms with Crippen molar-refractivity contribution < 1.29 is 0 Å². The van der Waals surface area contributed by atoms with Gasteiger partial charge in [0.05, 0.1) is 0 Å². The summed E-state index contributed by atoms with van der Waals surface area (Å²) in [6.45, 7) is 0. The predicted molar refractivity (Wildman–Crippen MR) is 75.0 cm³/mol. The summed E-state index contributed by atoms with van der Waals surface area (Å²) in [6, 6.07) is 16.6. The summed E-state index contributed by atoms with van der Waals surface area (Å²) in [7, 11) is 4.10. The molecular weight excluding hydrogens is 230 g/mol. The summed E-state index contributed by atoms with van der Waals surface area (Å²) in [5, 5.41) is 0.799. The molecule has 0 bridgehead atoms. The van der Waals surface area contributed by atoms with Crippen molar-refractivity contribution in [3.63, 3.8) is 0 Å². The van der Waals surface area contributed by atoms with Crippen LogP contribution in [0.15, 0.2) is 48.5 Å². The molecule has 17 heavy (non-hydrogen) atoms. The lowest BCUT2D eigenvalue weighted by Crippen LogP contribution is -2.08. The first kappa shape index (κ1) is 12.0. The standard InChI is InChI=1S/C15H16ClN/c1-17(2)15-8-6-12(7-9-15)10-13-4-3-5-14(16)11-13/h3-9,11H,10H2,1-2H3. The second kappa shape index (κ2) is 5.24. The van der Waals surface area contributed by atoms with Crippen LogP contribution in [-0.2, 0) is 6.42 Å². The van der Waals surface area contributed by atoms with Crippen molar-refractivity contribution in [3.8, 4) is 0 Å². The average Bonchev–Trinajstić information content (AvgIpc) is 2.29. The average molecular weight is 246 g/mol. The third-order valence-corrected chi connectivity index (χ3v) is 2.99. The molecule has 2 aromatic carbocycles. The second-order valence-electron chi connectivity index (χ2n) is 4.37. The van der Waals surface area contributed by atoms with E-state index in [1.165, 1.54) is 16.8 Å². The van der Waals surface area contributed by atoms with Crippen molar-refractivity contribution in [2.24, 2.45) is 0 Å². The Labute approximate surface area is 108 Å². The van der Waals surface area contributed by atoms with Gasteiger partial charge in [0.1, 0.15) is 0 Å². The van der Waals surface area contributed by atoms with E-state index in [4.69, 9.17) is 11.6 Å². The van der Waals surface area contributed by atoms with Crippen LogP contribution >= 0.6 is 11.6 Å². The predicted octanol–water partition coefficient (Wildman–Crippen LogP) is 4.00. The van der Waals surface area contributed by atoms with Gasteiger partial charge in [0.25, 0.3) is 0 Å². The van der Waals surface area contributed by atoms with Gasteiger partial charge in [-0.25, -0.2) is 0 Å². The van der Waals surface area contributed by atoms with Gasteiger partial charge in [0.15, 0.2) is 0 Å². The highest BCUT2D eigenvalue weighted by Crippen LogP contribution is 2.17. The van der Waals surface area contributed by atoms with Crippen LogP contribution in [0, 0.1) is 0 Å². The van der Waals surface area contributed by atoms with Crippen LogP contribution in [-0.4, -0.2) is 14.1 Å². The Kier molecular flexibility index (Phi) is 3.70. The highest BCUT2D eigenvalue weighted by Gasteiger charge is 1.99. The zero-order chi connectivity index (χ0) is 12.3.